The van der Waals surface area contributed by atoms with Gasteiger partial charge < -0.3 is 9.84 Å². The second kappa shape index (κ2) is 7.41. The van der Waals surface area contributed by atoms with Gasteiger partial charge in [-0.25, -0.2) is 0 Å². The molecule has 0 aromatic carbocycles. The van der Waals surface area contributed by atoms with E-state index >= 15 is 0 Å². The first-order valence-electron chi connectivity index (χ1n) is 8.24. The summed E-state index contributed by atoms with van der Waals surface area (Å²) in [4.78, 5) is 14.0. The van der Waals surface area contributed by atoms with Crippen molar-refractivity contribution in [3.05, 3.63) is 0 Å². The van der Waals surface area contributed by atoms with Crippen LogP contribution in [0.2, 0.25) is 0 Å². The fourth-order valence-corrected chi connectivity index (χ4v) is 3.88. The van der Waals surface area contributed by atoms with Crippen LogP contribution in [0.15, 0.2) is 0 Å². The third kappa shape index (κ3) is 3.73. The molecule has 20 heavy (non-hydrogen) atoms. The van der Waals surface area contributed by atoms with Crippen LogP contribution >= 0.6 is 0 Å². The van der Waals surface area contributed by atoms with Crippen molar-refractivity contribution < 1.29 is 14.6 Å². The third-order valence-corrected chi connectivity index (χ3v) is 5.03. The van der Waals surface area contributed by atoms with Crippen LogP contribution in [-0.4, -0.2) is 47.8 Å². The molecular formula is C16H29NO3. The van der Waals surface area contributed by atoms with Gasteiger partial charge in [0.15, 0.2) is 0 Å². The standard InChI is InChI=1S/C16H29NO3/c1-3-5-12-6-7-14(16(18)19)15(10-12)17-8-9-20-13(4-2)11-17/h12-15H,3-11H2,1-2H3,(H,18,19). The summed E-state index contributed by atoms with van der Waals surface area (Å²) >= 11 is 0. The Kier molecular flexibility index (Phi) is 5.85. The lowest BCUT2D eigenvalue weighted by molar-refractivity contribution is -0.148. The third-order valence-electron chi connectivity index (χ3n) is 5.03. The first-order chi connectivity index (χ1) is 9.65. The van der Waals surface area contributed by atoms with Crippen LogP contribution in [-0.2, 0) is 9.53 Å². The van der Waals surface area contributed by atoms with Crippen LogP contribution < -0.4 is 0 Å². The van der Waals surface area contributed by atoms with Gasteiger partial charge in [-0.1, -0.05) is 26.7 Å². The number of hydrogen-bond donors (Lipinski definition) is 1. The number of carbonyl (C=O) groups is 1. The number of ether oxygens (including phenoxy) is 1. The lowest BCUT2D eigenvalue weighted by Gasteiger charge is -2.44. The molecule has 4 unspecified atom stereocenters. The molecule has 116 valence electrons. The van der Waals surface area contributed by atoms with Crippen molar-refractivity contribution in [3.8, 4) is 0 Å². The number of morpholine rings is 1. The van der Waals surface area contributed by atoms with Crippen LogP contribution in [0.4, 0.5) is 0 Å². The number of nitrogens with zero attached hydrogens (tertiary/aromatic N) is 1. The molecule has 4 heteroatoms. The predicted octanol–water partition coefficient (Wildman–Crippen LogP) is 2.77. The maximum Gasteiger partial charge on any atom is 0.308 e. The summed E-state index contributed by atoms with van der Waals surface area (Å²) in [5.74, 6) is -0.0771. The topological polar surface area (TPSA) is 49.8 Å². The Balaban J connectivity index is 2.04. The Bertz CT molecular complexity index is 321. The number of aliphatic carboxylic acids is 1. The molecular weight excluding hydrogens is 254 g/mol. The second-order valence-corrected chi connectivity index (χ2v) is 6.38. The quantitative estimate of drug-likeness (QED) is 0.843. The van der Waals surface area contributed by atoms with Crippen molar-refractivity contribution in [1.82, 2.24) is 4.90 Å². The Morgan fingerprint density at radius 1 is 1.35 bits per heavy atom. The first kappa shape index (κ1) is 15.8. The number of carboxylic acids is 1. The highest BCUT2D eigenvalue weighted by Crippen LogP contribution is 2.35. The fourth-order valence-electron chi connectivity index (χ4n) is 3.88. The van der Waals surface area contributed by atoms with Crippen LogP contribution in [0.3, 0.4) is 0 Å². The van der Waals surface area contributed by atoms with E-state index in [1.807, 2.05) is 0 Å². The van der Waals surface area contributed by atoms with E-state index in [0.29, 0.717) is 5.92 Å². The summed E-state index contributed by atoms with van der Waals surface area (Å²) in [6.07, 6.45) is 6.73. The molecule has 1 aliphatic heterocycles. The van der Waals surface area contributed by atoms with Crippen molar-refractivity contribution in [2.24, 2.45) is 11.8 Å². The number of rotatable bonds is 5. The molecule has 2 fully saturated rings. The molecule has 1 saturated carbocycles. The SMILES string of the molecule is CCCC1CCC(C(=O)O)C(N2CCOC(CC)C2)C1. The van der Waals surface area contributed by atoms with Crippen molar-refractivity contribution in [2.45, 2.75) is 64.5 Å². The molecule has 1 saturated heterocycles. The normalized spacial score (nSPS) is 35.9. The molecule has 1 N–H and O–H groups in total. The van der Waals surface area contributed by atoms with Crippen molar-refractivity contribution in [3.63, 3.8) is 0 Å². The molecule has 4 nitrogen and oxygen atoms in total. The fraction of sp³-hybridized carbons (Fsp3) is 0.938. The zero-order chi connectivity index (χ0) is 14.5. The molecule has 2 aliphatic rings. The minimum absolute atomic E-state index is 0.182. The van der Waals surface area contributed by atoms with Gasteiger partial charge in [-0.05, 0) is 31.6 Å². The molecule has 0 aromatic heterocycles. The smallest absolute Gasteiger partial charge is 0.308 e. The summed E-state index contributed by atoms with van der Waals surface area (Å²) in [5.41, 5.74) is 0. The van der Waals surface area contributed by atoms with E-state index < -0.39 is 5.97 Å². The average molecular weight is 283 g/mol. The highest BCUT2D eigenvalue weighted by molar-refractivity contribution is 5.71. The monoisotopic (exact) mass is 283 g/mol. The highest BCUT2D eigenvalue weighted by Gasteiger charge is 2.39. The highest BCUT2D eigenvalue weighted by atomic mass is 16.5. The van der Waals surface area contributed by atoms with E-state index in [-0.39, 0.29) is 18.1 Å². The van der Waals surface area contributed by atoms with Gasteiger partial charge in [-0.2, -0.15) is 0 Å². The van der Waals surface area contributed by atoms with Crippen LogP contribution in [0.5, 0.6) is 0 Å². The van der Waals surface area contributed by atoms with Gasteiger partial charge in [0.25, 0.3) is 0 Å². The lowest BCUT2D eigenvalue weighted by Crippen LogP contribution is -2.53. The molecule has 0 aromatic rings. The van der Waals surface area contributed by atoms with E-state index in [4.69, 9.17) is 4.74 Å². The van der Waals surface area contributed by atoms with E-state index in [1.54, 1.807) is 0 Å². The summed E-state index contributed by atoms with van der Waals surface area (Å²) in [6.45, 7) is 6.91. The zero-order valence-electron chi connectivity index (χ0n) is 12.9. The second-order valence-electron chi connectivity index (χ2n) is 6.38. The molecule has 4 atom stereocenters. The van der Waals surface area contributed by atoms with Crippen LogP contribution in [0.1, 0.15) is 52.4 Å². The van der Waals surface area contributed by atoms with Gasteiger partial charge in [0.1, 0.15) is 0 Å². The molecule has 1 heterocycles. The van der Waals surface area contributed by atoms with Gasteiger partial charge in [0.2, 0.25) is 0 Å². The van der Waals surface area contributed by atoms with Crippen molar-refractivity contribution >= 4 is 5.97 Å². The summed E-state index contributed by atoms with van der Waals surface area (Å²) in [5, 5.41) is 9.52. The Labute approximate surface area is 122 Å². The van der Waals surface area contributed by atoms with Crippen molar-refractivity contribution in [2.75, 3.05) is 19.7 Å². The lowest BCUT2D eigenvalue weighted by atomic mass is 9.75. The van der Waals surface area contributed by atoms with Gasteiger partial charge in [-0.15, -0.1) is 0 Å². The largest absolute Gasteiger partial charge is 0.481 e. The van der Waals surface area contributed by atoms with Crippen LogP contribution in [0, 0.1) is 11.8 Å². The first-order valence-corrected chi connectivity index (χ1v) is 8.24. The Morgan fingerprint density at radius 3 is 2.80 bits per heavy atom. The van der Waals surface area contributed by atoms with E-state index in [0.717, 1.165) is 45.4 Å². The molecule has 0 radical (unpaired) electrons. The van der Waals surface area contributed by atoms with Gasteiger partial charge in [-0.3, -0.25) is 9.69 Å². The Morgan fingerprint density at radius 2 is 2.15 bits per heavy atom. The molecule has 0 amide bonds. The van der Waals surface area contributed by atoms with E-state index in [1.165, 1.54) is 12.8 Å². The van der Waals surface area contributed by atoms with Gasteiger partial charge in [0.05, 0.1) is 18.6 Å². The molecule has 2 rings (SSSR count). The van der Waals surface area contributed by atoms with Crippen molar-refractivity contribution in [1.29, 1.82) is 0 Å². The summed E-state index contributed by atoms with van der Waals surface area (Å²) in [6, 6.07) is 0.218. The van der Waals surface area contributed by atoms with Crippen LogP contribution in [0.25, 0.3) is 0 Å². The zero-order valence-corrected chi connectivity index (χ0v) is 12.9. The maximum atomic E-state index is 11.6. The van der Waals surface area contributed by atoms with Gasteiger partial charge in [0, 0.05) is 19.1 Å². The van der Waals surface area contributed by atoms with E-state index in [2.05, 4.69) is 18.7 Å². The molecule has 0 spiro atoms. The molecule has 0 bridgehead atoms. The average Bonchev–Trinajstić information content (AvgIpc) is 2.47. The van der Waals surface area contributed by atoms with Gasteiger partial charge >= 0.3 is 5.97 Å². The summed E-state index contributed by atoms with van der Waals surface area (Å²) in [7, 11) is 0. The number of hydrogen-bond acceptors (Lipinski definition) is 3. The summed E-state index contributed by atoms with van der Waals surface area (Å²) < 4.78 is 5.73. The minimum atomic E-state index is -0.607. The number of carboxylic acid groups (broad SMARTS) is 1. The minimum Gasteiger partial charge on any atom is -0.481 e. The Hall–Kier alpha value is -0.610. The van der Waals surface area contributed by atoms with E-state index in [9.17, 15) is 9.90 Å². The predicted molar refractivity (Wildman–Crippen MR) is 78.8 cm³/mol. The maximum absolute atomic E-state index is 11.6. The molecule has 1 aliphatic carbocycles.